The van der Waals surface area contributed by atoms with Gasteiger partial charge >= 0.3 is 0 Å². The largest absolute Gasteiger partial charge is 0.144 e. The van der Waals surface area contributed by atoms with Gasteiger partial charge in [-0.1, -0.05) is 133 Å². The normalized spacial score (nSPS) is 11.2. The van der Waals surface area contributed by atoms with Crippen LogP contribution in [-0.2, 0) is 38.5 Å². The van der Waals surface area contributed by atoms with Gasteiger partial charge in [-0.05, 0) is 76.3 Å². The number of fused-ring (bicyclic) bond motifs is 1. The standard InChI is InChI=1S/C39H36S/c1-4-14-30(15-5-1)20-12-25-36-37(27-26-31-16-6-2-7-17-31)38(28-32-18-8-3-9-19-32)40-39(36)29-34-23-13-22-33-21-10-11-24-35(33)34/h1-11,13-19,21-24H,12,20,25-29H2. The van der Waals surface area contributed by atoms with E-state index in [-0.39, 0.29) is 0 Å². The maximum absolute atomic E-state index is 2.33. The molecule has 0 aliphatic carbocycles. The Morgan fingerprint density at radius 3 is 1.68 bits per heavy atom. The predicted molar refractivity (Wildman–Crippen MR) is 173 cm³/mol. The van der Waals surface area contributed by atoms with Crippen molar-refractivity contribution in [1.29, 1.82) is 0 Å². The Labute approximate surface area is 243 Å². The molecule has 1 aromatic heterocycles. The first-order valence-corrected chi connectivity index (χ1v) is 15.4. The second-order valence-corrected chi connectivity index (χ2v) is 11.9. The van der Waals surface area contributed by atoms with E-state index in [4.69, 9.17) is 0 Å². The van der Waals surface area contributed by atoms with E-state index in [9.17, 15) is 0 Å². The zero-order valence-electron chi connectivity index (χ0n) is 23.1. The minimum absolute atomic E-state index is 1.000. The van der Waals surface area contributed by atoms with Crippen molar-refractivity contribution in [3.05, 3.63) is 177 Å². The molecule has 0 aliphatic heterocycles. The molecule has 0 spiro atoms. The third kappa shape index (κ3) is 6.43. The van der Waals surface area contributed by atoms with Crippen LogP contribution in [0.3, 0.4) is 0 Å². The van der Waals surface area contributed by atoms with E-state index in [1.165, 1.54) is 39.4 Å². The Hall–Kier alpha value is -3.94. The first-order chi connectivity index (χ1) is 19.8. The Bertz CT molecular complexity index is 1640. The average Bonchev–Trinajstić information content (AvgIpc) is 3.32. The van der Waals surface area contributed by atoms with Crippen molar-refractivity contribution in [3.63, 3.8) is 0 Å². The second kappa shape index (κ2) is 12.9. The third-order valence-corrected chi connectivity index (χ3v) is 9.24. The summed E-state index contributed by atoms with van der Waals surface area (Å²) >= 11 is 2.07. The topological polar surface area (TPSA) is 0 Å². The predicted octanol–water partition coefficient (Wildman–Crippen LogP) is 10.0. The number of thiophene rings is 1. The van der Waals surface area contributed by atoms with Crippen LogP contribution in [0.15, 0.2) is 133 Å². The Morgan fingerprint density at radius 2 is 0.950 bits per heavy atom. The van der Waals surface area contributed by atoms with E-state index >= 15 is 0 Å². The first kappa shape index (κ1) is 26.3. The summed E-state index contributed by atoms with van der Waals surface area (Å²) in [6.45, 7) is 0. The molecule has 40 heavy (non-hydrogen) atoms. The number of rotatable bonds is 11. The number of hydrogen-bond donors (Lipinski definition) is 0. The van der Waals surface area contributed by atoms with Gasteiger partial charge in [0.1, 0.15) is 0 Å². The number of aryl methyl sites for hydroxylation is 2. The second-order valence-electron chi connectivity index (χ2n) is 10.7. The van der Waals surface area contributed by atoms with E-state index in [1.54, 1.807) is 20.9 Å². The van der Waals surface area contributed by atoms with Crippen molar-refractivity contribution >= 4 is 22.1 Å². The van der Waals surface area contributed by atoms with E-state index < -0.39 is 0 Å². The van der Waals surface area contributed by atoms with Crippen LogP contribution in [0.25, 0.3) is 10.8 Å². The average molecular weight is 537 g/mol. The summed E-state index contributed by atoms with van der Waals surface area (Å²) in [5.74, 6) is 0. The van der Waals surface area contributed by atoms with Gasteiger partial charge in [0.05, 0.1) is 0 Å². The number of benzene rings is 5. The Kier molecular flexibility index (Phi) is 8.51. The van der Waals surface area contributed by atoms with Gasteiger partial charge in [0.25, 0.3) is 0 Å². The van der Waals surface area contributed by atoms with Crippen molar-refractivity contribution in [2.75, 3.05) is 0 Å². The highest BCUT2D eigenvalue weighted by Crippen LogP contribution is 2.36. The van der Waals surface area contributed by atoms with E-state index in [0.717, 1.165) is 38.5 Å². The van der Waals surface area contributed by atoms with Crippen LogP contribution in [0.2, 0.25) is 0 Å². The summed E-state index contributed by atoms with van der Waals surface area (Å²) in [4.78, 5) is 3.10. The summed E-state index contributed by atoms with van der Waals surface area (Å²) in [7, 11) is 0. The molecule has 0 atom stereocenters. The number of hydrogen-bond acceptors (Lipinski definition) is 1. The van der Waals surface area contributed by atoms with Crippen LogP contribution in [-0.4, -0.2) is 0 Å². The van der Waals surface area contributed by atoms with E-state index in [0.29, 0.717) is 0 Å². The molecule has 6 rings (SSSR count). The molecular formula is C39H36S. The summed E-state index contributed by atoms with van der Waals surface area (Å²) in [5.41, 5.74) is 8.90. The van der Waals surface area contributed by atoms with Gasteiger partial charge in [0.2, 0.25) is 0 Å². The first-order valence-electron chi connectivity index (χ1n) is 14.5. The van der Waals surface area contributed by atoms with Crippen LogP contribution in [0.1, 0.15) is 49.6 Å². The van der Waals surface area contributed by atoms with Gasteiger partial charge in [0, 0.05) is 22.6 Å². The highest BCUT2D eigenvalue weighted by atomic mass is 32.1. The molecule has 6 aromatic rings. The minimum Gasteiger partial charge on any atom is -0.144 e. The Balaban J connectivity index is 1.38. The summed E-state index contributed by atoms with van der Waals surface area (Å²) < 4.78 is 0. The van der Waals surface area contributed by atoms with Gasteiger partial charge < -0.3 is 0 Å². The molecule has 0 bridgehead atoms. The van der Waals surface area contributed by atoms with Gasteiger partial charge in [-0.2, -0.15) is 0 Å². The lowest BCUT2D eigenvalue weighted by atomic mass is 9.92. The zero-order chi connectivity index (χ0) is 27.0. The van der Waals surface area contributed by atoms with Gasteiger partial charge in [-0.25, -0.2) is 0 Å². The fourth-order valence-electron chi connectivity index (χ4n) is 5.90. The Morgan fingerprint density at radius 1 is 0.400 bits per heavy atom. The van der Waals surface area contributed by atoms with E-state index in [1.807, 2.05) is 0 Å². The molecule has 5 aromatic carbocycles. The molecule has 0 fully saturated rings. The molecule has 0 radical (unpaired) electrons. The van der Waals surface area contributed by atoms with Crippen molar-refractivity contribution in [2.45, 2.75) is 44.9 Å². The van der Waals surface area contributed by atoms with Crippen molar-refractivity contribution in [3.8, 4) is 0 Å². The van der Waals surface area contributed by atoms with Crippen molar-refractivity contribution in [2.24, 2.45) is 0 Å². The lowest BCUT2D eigenvalue weighted by Gasteiger charge is -2.12. The summed E-state index contributed by atoms with van der Waals surface area (Å²) in [5, 5.41) is 2.71. The lowest BCUT2D eigenvalue weighted by molar-refractivity contribution is 0.800. The highest BCUT2D eigenvalue weighted by molar-refractivity contribution is 7.12. The molecule has 0 nitrogen and oxygen atoms in total. The van der Waals surface area contributed by atoms with Crippen LogP contribution >= 0.6 is 11.3 Å². The molecule has 198 valence electrons. The van der Waals surface area contributed by atoms with Crippen LogP contribution < -0.4 is 0 Å². The van der Waals surface area contributed by atoms with Gasteiger partial charge in [-0.15, -0.1) is 11.3 Å². The smallest absolute Gasteiger partial charge is 0.0127 e. The van der Waals surface area contributed by atoms with Crippen molar-refractivity contribution in [1.82, 2.24) is 0 Å². The van der Waals surface area contributed by atoms with Gasteiger partial charge in [0.15, 0.2) is 0 Å². The minimum atomic E-state index is 1.000. The van der Waals surface area contributed by atoms with Gasteiger partial charge in [-0.3, -0.25) is 0 Å². The van der Waals surface area contributed by atoms with Crippen LogP contribution in [0.4, 0.5) is 0 Å². The van der Waals surface area contributed by atoms with Crippen LogP contribution in [0.5, 0.6) is 0 Å². The zero-order valence-corrected chi connectivity index (χ0v) is 23.9. The van der Waals surface area contributed by atoms with Crippen LogP contribution in [0, 0.1) is 0 Å². The molecule has 0 saturated heterocycles. The fourth-order valence-corrected chi connectivity index (χ4v) is 7.36. The highest BCUT2D eigenvalue weighted by Gasteiger charge is 2.19. The molecule has 0 saturated carbocycles. The molecule has 0 unspecified atom stereocenters. The summed E-state index contributed by atoms with van der Waals surface area (Å²) in [6, 6.07) is 48.6. The maximum atomic E-state index is 2.33. The quantitative estimate of drug-likeness (QED) is 0.154. The molecule has 1 heteroatoms. The molecular weight excluding hydrogens is 500 g/mol. The lowest BCUT2D eigenvalue weighted by Crippen LogP contribution is -2.02. The summed E-state index contributed by atoms with van der Waals surface area (Å²) in [6.07, 6.45) is 7.61. The SMILES string of the molecule is c1ccc(CCCc2c(Cc3cccc4ccccc34)sc(Cc3ccccc3)c2CCc2ccccc2)cc1. The van der Waals surface area contributed by atoms with E-state index in [2.05, 4.69) is 145 Å². The molecule has 0 amide bonds. The van der Waals surface area contributed by atoms with Crippen molar-refractivity contribution < 1.29 is 0 Å². The monoisotopic (exact) mass is 536 g/mol. The molecule has 1 heterocycles. The maximum Gasteiger partial charge on any atom is 0.0127 e. The molecule has 0 aliphatic rings. The third-order valence-electron chi connectivity index (χ3n) is 7.96. The fraction of sp³-hybridized carbons (Fsp3) is 0.179. The molecule has 0 N–H and O–H groups in total.